The van der Waals surface area contributed by atoms with Crippen molar-refractivity contribution in [2.45, 2.75) is 58.8 Å². The molecule has 24 heavy (non-hydrogen) atoms. The lowest BCUT2D eigenvalue weighted by molar-refractivity contribution is -0.0523. The number of aryl methyl sites for hydroxylation is 2. The summed E-state index contributed by atoms with van der Waals surface area (Å²) in [5.74, 6) is 3.11. The van der Waals surface area contributed by atoms with E-state index in [0.717, 1.165) is 40.6 Å². The maximum atomic E-state index is 13.2. The molecule has 0 aliphatic heterocycles. The number of rotatable bonds is 3. The number of Topliss-reactive ketones (excluding diaryl/α,β-unsaturated/α-hetero) is 1. The zero-order chi connectivity index (χ0) is 16.5. The number of H-pyrrole nitrogens is 1. The van der Waals surface area contributed by atoms with Gasteiger partial charge in [-0.15, -0.1) is 0 Å². The Morgan fingerprint density at radius 3 is 2.33 bits per heavy atom. The van der Waals surface area contributed by atoms with Crippen molar-refractivity contribution in [1.82, 2.24) is 4.98 Å². The Hall–Kier alpha value is -1.57. The number of benzene rings is 1. The molecule has 0 saturated heterocycles. The summed E-state index contributed by atoms with van der Waals surface area (Å²) in [6.45, 7) is 4.24. The van der Waals surface area contributed by atoms with Crippen LogP contribution in [-0.4, -0.2) is 10.8 Å². The highest BCUT2D eigenvalue weighted by Gasteiger charge is 2.51. The Balaban J connectivity index is 1.47. The molecule has 4 aliphatic rings. The van der Waals surface area contributed by atoms with Crippen molar-refractivity contribution >= 4 is 16.7 Å². The maximum absolute atomic E-state index is 13.2. The van der Waals surface area contributed by atoms with Gasteiger partial charge in [0, 0.05) is 29.1 Å². The van der Waals surface area contributed by atoms with E-state index in [1.54, 1.807) is 0 Å². The zero-order valence-corrected chi connectivity index (χ0v) is 14.8. The van der Waals surface area contributed by atoms with E-state index in [1.165, 1.54) is 49.7 Å². The lowest BCUT2D eigenvalue weighted by atomic mass is 9.48. The number of fused-ring (bicyclic) bond motifs is 1. The molecule has 4 fully saturated rings. The highest BCUT2D eigenvalue weighted by Crippen LogP contribution is 2.61. The van der Waals surface area contributed by atoms with Crippen LogP contribution in [0.25, 0.3) is 10.9 Å². The highest BCUT2D eigenvalue weighted by atomic mass is 16.1. The Morgan fingerprint density at radius 1 is 1.08 bits per heavy atom. The van der Waals surface area contributed by atoms with Crippen LogP contribution in [0.3, 0.4) is 0 Å². The fourth-order valence-corrected chi connectivity index (χ4v) is 6.82. The first-order valence-electron chi connectivity index (χ1n) is 9.63. The second-order valence-corrected chi connectivity index (χ2v) is 9.22. The van der Waals surface area contributed by atoms with Gasteiger partial charge in [-0.1, -0.05) is 6.07 Å². The molecule has 2 heteroatoms. The molecule has 4 aliphatic carbocycles. The summed E-state index contributed by atoms with van der Waals surface area (Å²) in [4.78, 5) is 16.6. The van der Waals surface area contributed by atoms with Crippen LogP contribution >= 0.6 is 0 Å². The molecule has 0 unspecified atom stereocenters. The van der Waals surface area contributed by atoms with Gasteiger partial charge < -0.3 is 4.98 Å². The summed E-state index contributed by atoms with van der Waals surface area (Å²) in [5.41, 5.74) is 4.84. The van der Waals surface area contributed by atoms with Crippen molar-refractivity contribution in [2.75, 3.05) is 0 Å². The fourth-order valence-electron chi connectivity index (χ4n) is 6.82. The first-order chi connectivity index (χ1) is 11.5. The highest BCUT2D eigenvalue weighted by molar-refractivity contribution is 6.09. The van der Waals surface area contributed by atoms with Crippen molar-refractivity contribution in [2.24, 2.45) is 23.2 Å². The Kier molecular flexibility index (Phi) is 3.05. The monoisotopic (exact) mass is 321 g/mol. The minimum atomic E-state index is 0.327. The molecule has 0 amide bonds. The average molecular weight is 321 g/mol. The third-order valence-electron chi connectivity index (χ3n) is 7.12. The lowest BCUT2D eigenvalue weighted by Gasteiger charge is -2.56. The zero-order valence-electron chi connectivity index (χ0n) is 14.8. The molecule has 1 heterocycles. The van der Waals surface area contributed by atoms with Crippen molar-refractivity contribution in [3.63, 3.8) is 0 Å². The minimum absolute atomic E-state index is 0.327. The molecule has 1 aromatic carbocycles. The molecule has 2 nitrogen and oxygen atoms in total. The first-order valence-corrected chi connectivity index (χ1v) is 9.63. The second-order valence-electron chi connectivity index (χ2n) is 9.22. The van der Waals surface area contributed by atoms with Gasteiger partial charge in [-0.3, -0.25) is 4.79 Å². The van der Waals surface area contributed by atoms with Crippen LogP contribution in [0.5, 0.6) is 0 Å². The van der Waals surface area contributed by atoms with E-state index in [-0.39, 0.29) is 0 Å². The number of carbonyl (C=O) groups excluding carboxylic acids is 1. The summed E-state index contributed by atoms with van der Waals surface area (Å²) < 4.78 is 0. The standard InChI is InChI=1S/C22H27NO/c1-13-3-14(2)21-18(12-23-19(21)4-13)20(24)11-22-8-15-5-16(9-22)7-17(6-15)10-22/h3-4,12,15-17,23H,5-11H2,1-2H3. The van der Waals surface area contributed by atoms with Crippen LogP contribution in [0.15, 0.2) is 18.3 Å². The molecule has 0 radical (unpaired) electrons. The molecular formula is C22H27NO. The van der Waals surface area contributed by atoms with Crippen LogP contribution < -0.4 is 0 Å². The smallest absolute Gasteiger partial charge is 0.165 e. The summed E-state index contributed by atoms with van der Waals surface area (Å²) in [6, 6.07) is 4.35. The summed E-state index contributed by atoms with van der Waals surface area (Å²) in [6.07, 6.45) is 11.0. The Labute approximate surface area is 144 Å². The molecule has 1 aromatic heterocycles. The van der Waals surface area contributed by atoms with Gasteiger partial charge in [0.25, 0.3) is 0 Å². The van der Waals surface area contributed by atoms with Gasteiger partial charge in [0.05, 0.1) is 0 Å². The number of aromatic nitrogens is 1. The first kappa shape index (κ1) is 14.7. The van der Waals surface area contributed by atoms with Crippen LogP contribution in [0.1, 0.15) is 66.4 Å². The molecule has 6 rings (SSSR count). The molecule has 0 spiro atoms. The second kappa shape index (κ2) is 4.97. The molecule has 4 bridgehead atoms. The summed E-state index contributed by atoms with van der Waals surface area (Å²) in [7, 11) is 0. The number of nitrogens with one attached hydrogen (secondary N) is 1. The van der Waals surface area contributed by atoms with E-state index in [1.807, 2.05) is 6.20 Å². The number of ketones is 1. The van der Waals surface area contributed by atoms with E-state index < -0.39 is 0 Å². The molecule has 0 atom stereocenters. The summed E-state index contributed by atoms with van der Waals surface area (Å²) >= 11 is 0. The molecule has 2 aromatic rings. The van der Waals surface area contributed by atoms with Gasteiger partial charge in [0.1, 0.15) is 0 Å². The van der Waals surface area contributed by atoms with Gasteiger partial charge in [0.2, 0.25) is 0 Å². The number of hydrogen-bond donors (Lipinski definition) is 1. The van der Waals surface area contributed by atoms with Crippen LogP contribution in [0.2, 0.25) is 0 Å². The maximum Gasteiger partial charge on any atom is 0.165 e. The SMILES string of the molecule is Cc1cc(C)c2c(C(=O)CC34CC5CC(CC(C5)C3)C4)c[nH]c2c1. The van der Waals surface area contributed by atoms with E-state index in [2.05, 4.69) is 31.0 Å². The van der Waals surface area contributed by atoms with Gasteiger partial charge in [-0.25, -0.2) is 0 Å². The van der Waals surface area contributed by atoms with Gasteiger partial charge in [-0.05, 0) is 92.7 Å². The van der Waals surface area contributed by atoms with Crippen molar-refractivity contribution in [3.05, 3.63) is 35.0 Å². The van der Waals surface area contributed by atoms with E-state index in [0.29, 0.717) is 11.2 Å². The van der Waals surface area contributed by atoms with Crippen LogP contribution in [-0.2, 0) is 0 Å². The molecule has 4 saturated carbocycles. The molecule has 1 N–H and O–H groups in total. The minimum Gasteiger partial charge on any atom is -0.360 e. The largest absolute Gasteiger partial charge is 0.360 e. The normalized spacial score (nSPS) is 34.2. The Bertz CT molecular complexity index is 793. The van der Waals surface area contributed by atoms with Gasteiger partial charge in [0.15, 0.2) is 5.78 Å². The third-order valence-corrected chi connectivity index (χ3v) is 7.12. The van der Waals surface area contributed by atoms with Crippen LogP contribution in [0.4, 0.5) is 0 Å². The van der Waals surface area contributed by atoms with Crippen molar-refractivity contribution < 1.29 is 4.79 Å². The molecule has 126 valence electrons. The Morgan fingerprint density at radius 2 is 1.71 bits per heavy atom. The van der Waals surface area contributed by atoms with E-state index >= 15 is 0 Å². The number of carbonyl (C=O) groups is 1. The third kappa shape index (κ3) is 2.18. The van der Waals surface area contributed by atoms with Gasteiger partial charge >= 0.3 is 0 Å². The predicted octanol–water partition coefficient (Wildman–Crippen LogP) is 5.57. The van der Waals surface area contributed by atoms with E-state index in [4.69, 9.17) is 0 Å². The topological polar surface area (TPSA) is 32.9 Å². The number of hydrogen-bond acceptors (Lipinski definition) is 1. The summed E-state index contributed by atoms with van der Waals surface area (Å²) in [5, 5.41) is 1.15. The van der Waals surface area contributed by atoms with Crippen molar-refractivity contribution in [1.29, 1.82) is 0 Å². The lowest BCUT2D eigenvalue weighted by Crippen LogP contribution is -2.46. The average Bonchev–Trinajstić information content (AvgIpc) is 2.89. The van der Waals surface area contributed by atoms with Gasteiger partial charge in [-0.2, -0.15) is 0 Å². The number of aromatic amines is 1. The van der Waals surface area contributed by atoms with E-state index in [9.17, 15) is 4.79 Å². The fraction of sp³-hybridized carbons (Fsp3) is 0.591. The predicted molar refractivity (Wildman–Crippen MR) is 97.3 cm³/mol. The quantitative estimate of drug-likeness (QED) is 0.736. The molecular weight excluding hydrogens is 294 g/mol. The van der Waals surface area contributed by atoms with Crippen LogP contribution in [0, 0.1) is 37.0 Å². The van der Waals surface area contributed by atoms with Crippen molar-refractivity contribution in [3.8, 4) is 0 Å².